The van der Waals surface area contributed by atoms with Gasteiger partial charge in [0.25, 0.3) is 0 Å². The molecule has 0 atom stereocenters. The van der Waals surface area contributed by atoms with E-state index in [-0.39, 0.29) is 12.5 Å². The van der Waals surface area contributed by atoms with Crippen molar-refractivity contribution in [1.82, 2.24) is 19.4 Å². The fourth-order valence-electron chi connectivity index (χ4n) is 1.01. The van der Waals surface area contributed by atoms with E-state index in [0.717, 1.165) is 11.5 Å². The van der Waals surface area contributed by atoms with Crippen LogP contribution in [0.15, 0.2) is 18.6 Å². The van der Waals surface area contributed by atoms with Crippen LogP contribution in [-0.2, 0) is 11.3 Å². The van der Waals surface area contributed by atoms with Crippen molar-refractivity contribution in [1.29, 1.82) is 0 Å². The van der Waals surface area contributed by atoms with Crippen LogP contribution in [0.1, 0.15) is 0 Å². The molecule has 2 aromatic rings. The number of carbonyl (C=O) groups excluding carboxylic acids is 1. The number of nitrogens with one attached hydrogen (secondary N) is 1. The van der Waals surface area contributed by atoms with Gasteiger partial charge in [0, 0.05) is 17.7 Å². The lowest BCUT2D eigenvalue weighted by molar-refractivity contribution is -0.116. The van der Waals surface area contributed by atoms with Crippen LogP contribution in [0.5, 0.6) is 0 Å². The summed E-state index contributed by atoms with van der Waals surface area (Å²) in [7, 11) is 0. The minimum atomic E-state index is -0.191. The zero-order valence-electron chi connectivity index (χ0n) is 7.62. The summed E-state index contributed by atoms with van der Waals surface area (Å²) < 4.78 is 5.08. The molecule has 0 fully saturated rings. The van der Waals surface area contributed by atoms with Gasteiger partial charge in [0.2, 0.25) is 5.91 Å². The maximum absolute atomic E-state index is 11.4. The molecule has 8 heteroatoms. The molecule has 0 aliphatic heterocycles. The van der Waals surface area contributed by atoms with Gasteiger partial charge in [-0.1, -0.05) is 4.49 Å². The molecule has 0 unspecified atom stereocenters. The Morgan fingerprint density at radius 1 is 1.60 bits per heavy atom. The van der Waals surface area contributed by atoms with Gasteiger partial charge >= 0.3 is 0 Å². The minimum absolute atomic E-state index is 0.120. The van der Waals surface area contributed by atoms with Gasteiger partial charge in [0.15, 0.2) is 0 Å². The number of nitrogens with zero attached hydrogens (tertiary/aromatic N) is 4. The fraction of sp³-hybridized carbons (Fsp3) is 0.143. The second-order valence-corrected chi connectivity index (χ2v) is 3.59. The van der Waals surface area contributed by atoms with Crippen LogP contribution < -0.4 is 11.1 Å². The average Bonchev–Trinajstić information content (AvgIpc) is 2.77. The van der Waals surface area contributed by atoms with Crippen molar-refractivity contribution in [2.24, 2.45) is 0 Å². The summed E-state index contributed by atoms with van der Waals surface area (Å²) in [6.45, 7) is 0.120. The number of hydrogen-bond donors (Lipinski definition) is 2. The number of nitrogens with two attached hydrogens (primary N) is 1. The van der Waals surface area contributed by atoms with Crippen LogP contribution in [0.4, 0.5) is 10.7 Å². The summed E-state index contributed by atoms with van der Waals surface area (Å²) in [6.07, 6.45) is 4.56. The minimum Gasteiger partial charge on any atom is -0.396 e. The highest BCUT2D eigenvalue weighted by molar-refractivity contribution is 7.10. The van der Waals surface area contributed by atoms with Gasteiger partial charge < -0.3 is 11.1 Å². The van der Waals surface area contributed by atoms with Gasteiger partial charge in [0.05, 0.1) is 18.1 Å². The molecule has 0 aromatic carbocycles. The molecular weight excluding hydrogens is 216 g/mol. The largest absolute Gasteiger partial charge is 0.396 e. The molecule has 0 bridgehead atoms. The quantitative estimate of drug-likeness (QED) is 0.761. The lowest BCUT2D eigenvalue weighted by Gasteiger charge is -2.00. The molecule has 0 saturated heterocycles. The monoisotopic (exact) mass is 224 g/mol. The summed E-state index contributed by atoms with van der Waals surface area (Å²) in [5.74, 6) is -0.191. The zero-order valence-corrected chi connectivity index (χ0v) is 8.44. The molecule has 0 radical (unpaired) electrons. The Hall–Kier alpha value is -1.96. The predicted octanol–water partition coefficient (Wildman–Crippen LogP) is -0.0445. The molecule has 2 rings (SSSR count). The number of amides is 1. The first-order valence-corrected chi connectivity index (χ1v) is 4.86. The smallest absolute Gasteiger partial charge is 0.246 e. The first kappa shape index (κ1) is 9.59. The topological polar surface area (TPSA) is 98.7 Å². The Bertz CT molecular complexity index is 450. The Labute approximate surface area is 89.1 Å². The van der Waals surface area contributed by atoms with Crippen molar-refractivity contribution < 1.29 is 4.79 Å². The summed E-state index contributed by atoms with van der Waals surface area (Å²) in [5.41, 5.74) is 5.99. The maximum atomic E-state index is 11.4. The van der Waals surface area contributed by atoms with E-state index in [1.165, 1.54) is 17.1 Å². The van der Waals surface area contributed by atoms with E-state index in [4.69, 9.17) is 5.73 Å². The van der Waals surface area contributed by atoms with Gasteiger partial charge in [-0.15, -0.1) is 5.10 Å². The summed E-state index contributed by atoms with van der Waals surface area (Å²) in [5, 5.41) is 10.7. The van der Waals surface area contributed by atoms with E-state index in [1.807, 2.05) is 0 Å². The van der Waals surface area contributed by atoms with Crippen LogP contribution in [-0.4, -0.2) is 25.3 Å². The highest BCUT2D eigenvalue weighted by atomic mass is 32.1. The van der Waals surface area contributed by atoms with Crippen molar-refractivity contribution >= 4 is 28.1 Å². The number of aromatic nitrogens is 4. The van der Waals surface area contributed by atoms with Crippen molar-refractivity contribution in [2.75, 3.05) is 11.1 Å². The number of nitrogen functional groups attached to an aromatic ring is 1. The molecule has 2 aromatic heterocycles. The van der Waals surface area contributed by atoms with Crippen molar-refractivity contribution in [2.45, 2.75) is 6.54 Å². The second kappa shape index (κ2) is 4.05. The third-order valence-corrected chi connectivity index (χ3v) is 2.16. The molecule has 15 heavy (non-hydrogen) atoms. The van der Waals surface area contributed by atoms with E-state index < -0.39 is 0 Å². The molecule has 7 nitrogen and oxygen atoms in total. The van der Waals surface area contributed by atoms with Gasteiger partial charge in [-0.3, -0.25) is 9.48 Å². The van der Waals surface area contributed by atoms with Crippen LogP contribution in [0.3, 0.4) is 0 Å². The fourth-order valence-corrected chi connectivity index (χ4v) is 1.45. The Balaban J connectivity index is 1.93. The number of anilines is 2. The second-order valence-electron chi connectivity index (χ2n) is 2.80. The van der Waals surface area contributed by atoms with Crippen LogP contribution in [0, 0.1) is 0 Å². The number of rotatable bonds is 3. The first-order valence-electron chi connectivity index (χ1n) is 4.09. The third-order valence-electron chi connectivity index (χ3n) is 1.58. The lowest BCUT2D eigenvalue weighted by atomic mass is 10.5. The molecule has 0 aliphatic carbocycles. The summed E-state index contributed by atoms with van der Waals surface area (Å²) in [6, 6.07) is 0. The van der Waals surface area contributed by atoms with Gasteiger partial charge in [-0.2, -0.15) is 5.10 Å². The van der Waals surface area contributed by atoms with Gasteiger partial charge in [-0.05, 0) is 0 Å². The van der Waals surface area contributed by atoms with E-state index >= 15 is 0 Å². The molecule has 0 saturated carbocycles. The van der Waals surface area contributed by atoms with Crippen molar-refractivity contribution in [3.8, 4) is 0 Å². The average molecular weight is 224 g/mol. The standard InChI is InChI=1S/C7H8N6OS/c8-5-1-10-13(3-5)4-6(14)11-7-2-9-12-15-7/h1-3H,4,8H2,(H,11,14). The van der Waals surface area contributed by atoms with Gasteiger partial charge in [-0.25, -0.2) is 0 Å². The summed E-state index contributed by atoms with van der Waals surface area (Å²) in [4.78, 5) is 11.4. The SMILES string of the molecule is Nc1cnn(CC(=O)Nc2cnns2)c1. The molecule has 3 N–H and O–H groups in total. The normalized spacial score (nSPS) is 10.1. The van der Waals surface area contributed by atoms with E-state index in [2.05, 4.69) is 20.0 Å². The Morgan fingerprint density at radius 2 is 2.47 bits per heavy atom. The third kappa shape index (κ3) is 2.50. The molecule has 0 aliphatic rings. The Kier molecular flexibility index (Phi) is 2.59. The first-order chi connectivity index (χ1) is 7.24. The van der Waals surface area contributed by atoms with Crippen LogP contribution in [0.25, 0.3) is 0 Å². The molecular formula is C7H8N6OS. The van der Waals surface area contributed by atoms with Gasteiger partial charge in [0.1, 0.15) is 11.5 Å². The van der Waals surface area contributed by atoms with E-state index in [0.29, 0.717) is 10.7 Å². The van der Waals surface area contributed by atoms with Crippen molar-refractivity contribution in [3.05, 3.63) is 18.6 Å². The predicted molar refractivity (Wildman–Crippen MR) is 55.2 cm³/mol. The number of hydrogen-bond acceptors (Lipinski definition) is 6. The van der Waals surface area contributed by atoms with Crippen molar-refractivity contribution in [3.63, 3.8) is 0 Å². The molecule has 0 spiro atoms. The lowest BCUT2D eigenvalue weighted by Crippen LogP contribution is -2.18. The molecule has 1 amide bonds. The van der Waals surface area contributed by atoms with Crippen LogP contribution in [0.2, 0.25) is 0 Å². The van der Waals surface area contributed by atoms with E-state index in [9.17, 15) is 4.79 Å². The highest BCUT2D eigenvalue weighted by Crippen LogP contribution is 2.08. The zero-order chi connectivity index (χ0) is 10.7. The highest BCUT2D eigenvalue weighted by Gasteiger charge is 2.05. The Morgan fingerprint density at radius 3 is 3.07 bits per heavy atom. The van der Waals surface area contributed by atoms with E-state index in [1.54, 1.807) is 6.20 Å². The maximum Gasteiger partial charge on any atom is 0.246 e. The molecule has 2 heterocycles. The number of carbonyl (C=O) groups is 1. The summed E-state index contributed by atoms with van der Waals surface area (Å²) >= 11 is 1.12. The molecule has 78 valence electrons. The van der Waals surface area contributed by atoms with Crippen LogP contribution >= 0.6 is 11.5 Å².